The molecule has 2 saturated heterocycles. The zero-order valence-corrected chi connectivity index (χ0v) is 25.3. The minimum absolute atomic E-state index is 0.106. The molecule has 2 N–H and O–H groups in total. The number of aryl methyl sites for hydroxylation is 3. The van der Waals surface area contributed by atoms with Crippen LogP contribution in [0, 0.1) is 20.8 Å². The van der Waals surface area contributed by atoms with Crippen molar-refractivity contribution in [2.24, 2.45) is 0 Å². The Bertz CT molecular complexity index is 1710. The highest BCUT2D eigenvalue weighted by atomic mass is 32.2. The standard InChI is InChI=1S/C30H37N7O4S/c1-18-15-26(32-19(2)31-18)35-27-17-23(29-30(36-27)37(20(3)33-29)28-10-6-8-14-41-28)34-22-12-11-21(16-25(22)42(4,38)39)24-9-5-7-13-40-24/h11-12,15-17,24,28H,5-10,13-14H2,1-4H3,(H2,31,32,34,35,36). The number of anilines is 4. The normalized spacial score (nSPS) is 19.6. The fourth-order valence-corrected chi connectivity index (χ4v) is 6.68. The van der Waals surface area contributed by atoms with E-state index in [9.17, 15) is 8.42 Å². The summed E-state index contributed by atoms with van der Waals surface area (Å²) in [6.07, 6.45) is 6.85. The molecular weight excluding hydrogens is 554 g/mol. The Hall–Kier alpha value is -3.61. The van der Waals surface area contributed by atoms with Crippen LogP contribution < -0.4 is 10.6 Å². The maximum Gasteiger partial charge on any atom is 0.177 e. The summed E-state index contributed by atoms with van der Waals surface area (Å²) in [6.45, 7) is 7.06. The Morgan fingerprint density at radius 2 is 1.60 bits per heavy atom. The van der Waals surface area contributed by atoms with E-state index in [1.54, 1.807) is 6.07 Å². The van der Waals surface area contributed by atoms with Crippen molar-refractivity contribution in [3.05, 3.63) is 53.2 Å². The van der Waals surface area contributed by atoms with Gasteiger partial charge in [-0.15, -0.1) is 0 Å². The minimum atomic E-state index is -3.57. The van der Waals surface area contributed by atoms with Crippen molar-refractivity contribution in [3.63, 3.8) is 0 Å². The SMILES string of the molecule is Cc1cc(Nc2cc(Nc3ccc(C4CCCCO4)cc3S(C)(=O)=O)c3nc(C)n(C4CCCCO4)c3n2)nc(C)n1. The number of sulfone groups is 1. The molecule has 0 spiro atoms. The van der Waals surface area contributed by atoms with Gasteiger partial charge in [0.1, 0.15) is 35.0 Å². The van der Waals surface area contributed by atoms with Crippen LogP contribution in [0.1, 0.15) is 73.8 Å². The van der Waals surface area contributed by atoms with Gasteiger partial charge < -0.3 is 20.1 Å². The molecule has 12 heteroatoms. The Morgan fingerprint density at radius 1 is 0.833 bits per heavy atom. The van der Waals surface area contributed by atoms with E-state index in [0.29, 0.717) is 53.2 Å². The van der Waals surface area contributed by atoms with Crippen molar-refractivity contribution in [2.45, 2.75) is 76.5 Å². The van der Waals surface area contributed by atoms with Crippen LogP contribution >= 0.6 is 0 Å². The molecule has 2 unspecified atom stereocenters. The number of hydrogen-bond acceptors (Lipinski definition) is 10. The first-order valence-corrected chi connectivity index (χ1v) is 16.4. The lowest BCUT2D eigenvalue weighted by Gasteiger charge is -2.25. The molecule has 2 fully saturated rings. The molecule has 2 atom stereocenters. The lowest BCUT2D eigenvalue weighted by Crippen LogP contribution is -2.19. The quantitative estimate of drug-likeness (QED) is 0.264. The topological polar surface area (TPSA) is 133 Å². The van der Waals surface area contributed by atoms with Crippen molar-refractivity contribution >= 4 is 44.0 Å². The van der Waals surface area contributed by atoms with Gasteiger partial charge in [-0.05, 0) is 77.0 Å². The number of nitrogens with one attached hydrogen (secondary N) is 2. The predicted molar refractivity (Wildman–Crippen MR) is 161 cm³/mol. The summed E-state index contributed by atoms with van der Waals surface area (Å²) in [5.74, 6) is 2.57. The Balaban J connectivity index is 1.46. The second kappa shape index (κ2) is 11.6. The molecule has 0 radical (unpaired) electrons. The average Bonchev–Trinajstić information content (AvgIpc) is 3.29. The molecule has 3 aromatic heterocycles. The van der Waals surface area contributed by atoms with Gasteiger partial charge in [-0.1, -0.05) is 6.07 Å². The smallest absolute Gasteiger partial charge is 0.177 e. The van der Waals surface area contributed by atoms with Crippen LogP contribution in [-0.2, 0) is 19.3 Å². The van der Waals surface area contributed by atoms with Crippen LogP contribution in [0.25, 0.3) is 11.2 Å². The number of aromatic nitrogens is 5. The van der Waals surface area contributed by atoms with Crippen molar-refractivity contribution in [1.82, 2.24) is 24.5 Å². The van der Waals surface area contributed by atoms with Gasteiger partial charge in [0.25, 0.3) is 0 Å². The molecule has 222 valence electrons. The second-order valence-electron chi connectivity index (χ2n) is 11.2. The fraction of sp³-hybridized carbons (Fsp3) is 0.467. The molecule has 2 aliphatic rings. The van der Waals surface area contributed by atoms with Gasteiger partial charge in [0.15, 0.2) is 15.5 Å². The highest BCUT2D eigenvalue weighted by Crippen LogP contribution is 2.37. The molecule has 2 aliphatic heterocycles. The number of benzene rings is 1. The van der Waals surface area contributed by atoms with Crippen molar-refractivity contribution in [1.29, 1.82) is 0 Å². The Morgan fingerprint density at radius 3 is 2.29 bits per heavy atom. The first kappa shape index (κ1) is 28.5. The summed E-state index contributed by atoms with van der Waals surface area (Å²) < 4.78 is 40.1. The van der Waals surface area contributed by atoms with Crippen LogP contribution in [0.4, 0.5) is 23.0 Å². The molecule has 5 heterocycles. The summed E-state index contributed by atoms with van der Waals surface area (Å²) in [5.41, 5.74) is 4.05. The maximum absolute atomic E-state index is 13.0. The molecule has 0 amide bonds. The lowest BCUT2D eigenvalue weighted by atomic mass is 10.0. The molecule has 4 aromatic rings. The van der Waals surface area contributed by atoms with Crippen molar-refractivity contribution in [2.75, 3.05) is 30.1 Å². The van der Waals surface area contributed by atoms with Gasteiger partial charge in [0.05, 0.1) is 22.4 Å². The number of nitrogens with zero attached hydrogens (tertiary/aromatic N) is 5. The Labute approximate surface area is 246 Å². The number of ether oxygens (including phenoxy) is 2. The summed E-state index contributed by atoms with van der Waals surface area (Å²) >= 11 is 0. The third-order valence-corrected chi connectivity index (χ3v) is 8.85. The molecular formula is C30H37N7O4S. The van der Waals surface area contributed by atoms with E-state index in [1.165, 1.54) is 6.26 Å². The lowest BCUT2D eigenvalue weighted by molar-refractivity contribution is -0.0308. The van der Waals surface area contributed by atoms with Crippen LogP contribution in [0.5, 0.6) is 0 Å². The van der Waals surface area contributed by atoms with Gasteiger partial charge in [0, 0.05) is 37.3 Å². The largest absolute Gasteiger partial charge is 0.374 e. The second-order valence-corrected chi connectivity index (χ2v) is 13.1. The van der Waals surface area contributed by atoms with E-state index in [-0.39, 0.29) is 17.2 Å². The van der Waals surface area contributed by atoms with Crippen LogP contribution in [0.3, 0.4) is 0 Å². The Kier molecular flexibility index (Phi) is 7.86. The minimum Gasteiger partial charge on any atom is -0.374 e. The first-order chi connectivity index (χ1) is 20.2. The van der Waals surface area contributed by atoms with E-state index in [2.05, 4.69) is 20.6 Å². The van der Waals surface area contributed by atoms with Crippen molar-refractivity contribution < 1.29 is 17.9 Å². The van der Waals surface area contributed by atoms with Gasteiger partial charge in [-0.3, -0.25) is 4.57 Å². The third kappa shape index (κ3) is 5.97. The number of pyridine rings is 1. The first-order valence-electron chi connectivity index (χ1n) is 14.5. The average molecular weight is 592 g/mol. The van der Waals surface area contributed by atoms with Gasteiger partial charge in [-0.25, -0.2) is 28.4 Å². The maximum atomic E-state index is 13.0. The molecule has 11 nitrogen and oxygen atoms in total. The molecule has 0 bridgehead atoms. The fourth-order valence-electron chi connectivity index (χ4n) is 5.81. The van der Waals surface area contributed by atoms with Gasteiger partial charge in [0.2, 0.25) is 0 Å². The molecule has 0 saturated carbocycles. The number of imidazole rings is 1. The summed E-state index contributed by atoms with van der Waals surface area (Å²) in [6, 6.07) is 9.17. The molecule has 42 heavy (non-hydrogen) atoms. The summed E-state index contributed by atoms with van der Waals surface area (Å²) in [4.78, 5) is 18.9. The van der Waals surface area contributed by atoms with E-state index in [1.807, 2.05) is 49.6 Å². The molecule has 1 aromatic carbocycles. The van der Waals surface area contributed by atoms with Crippen molar-refractivity contribution in [3.8, 4) is 0 Å². The molecule has 0 aliphatic carbocycles. The predicted octanol–water partition coefficient (Wildman–Crippen LogP) is 5.98. The molecule has 6 rings (SSSR count). The monoisotopic (exact) mass is 591 g/mol. The van der Waals surface area contributed by atoms with Crippen LogP contribution in [0.2, 0.25) is 0 Å². The third-order valence-electron chi connectivity index (χ3n) is 7.72. The number of hydrogen-bond donors (Lipinski definition) is 2. The van der Waals surface area contributed by atoms with E-state index in [4.69, 9.17) is 19.4 Å². The van der Waals surface area contributed by atoms with Gasteiger partial charge in [-0.2, -0.15) is 0 Å². The highest BCUT2D eigenvalue weighted by molar-refractivity contribution is 7.90. The van der Waals surface area contributed by atoms with Gasteiger partial charge >= 0.3 is 0 Å². The van der Waals surface area contributed by atoms with Crippen LogP contribution in [-0.4, -0.2) is 52.4 Å². The zero-order chi connectivity index (χ0) is 29.4. The summed E-state index contributed by atoms with van der Waals surface area (Å²) in [5, 5.41) is 6.72. The highest BCUT2D eigenvalue weighted by Gasteiger charge is 2.25. The van der Waals surface area contributed by atoms with E-state index < -0.39 is 9.84 Å². The summed E-state index contributed by atoms with van der Waals surface area (Å²) in [7, 11) is -3.57. The number of fused-ring (bicyclic) bond motifs is 1. The van der Waals surface area contributed by atoms with Crippen LogP contribution in [0.15, 0.2) is 35.2 Å². The zero-order valence-electron chi connectivity index (χ0n) is 24.5. The van der Waals surface area contributed by atoms with E-state index in [0.717, 1.165) is 55.6 Å². The van der Waals surface area contributed by atoms with E-state index >= 15 is 0 Å². The number of rotatable bonds is 7.